The van der Waals surface area contributed by atoms with Gasteiger partial charge in [-0.3, -0.25) is 0 Å². The minimum absolute atomic E-state index is 0.135. The molecule has 6 heteroatoms. The molecule has 0 saturated carbocycles. The van der Waals surface area contributed by atoms with Crippen molar-refractivity contribution < 1.29 is 14.3 Å². The molecule has 0 aliphatic carbocycles. The Morgan fingerprint density at radius 1 is 1.52 bits per heavy atom. The smallest absolute Gasteiger partial charge is 0.314 e. The molecule has 2 atom stereocenters. The van der Waals surface area contributed by atoms with E-state index in [1.54, 1.807) is 12.1 Å². The Labute approximate surface area is 130 Å². The number of amides is 2. The first kappa shape index (κ1) is 15.9. The normalized spacial score (nSPS) is 19.0. The SMILES string of the molecule is C[C@H](CNC(=O)NC[C@@H]1CCOC1)Oc1cccc(Cl)c1. The van der Waals surface area contributed by atoms with Gasteiger partial charge in [0, 0.05) is 24.1 Å². The lowest BCUT2D eigenvalue weighted by Crippen LogP contribution is -2.42. The third-order valence-electron chi connectivity index (χ3n) is 3.26. The molecule has 1 aliphatic heterocycles. The van der Waals surface area contributed by atoms with Gasteiger partial charge in [0.15, 0.2) is 0 Å². The number of halogens is 1. The Balaban J connectivity index is 1.63. The third-order valence-corrected chi connectivity index (χ3v) is 3.49. The van der Waals surface area contributed by atoms with Gasteiger partial charge in [-0.1, -0.05) is 17.7 Å². The van der Waals surface area contributed by atoms with Crippen LogP contribution in [0.4, 0.5) is 4.79 Å². The van der Waals surface area contributed by atoms with Crippen molar-refractivity contribution in [2.24, 2.45) is 5.92 Å². The van der Waals surface area contributed by atoms with E-state index in [-0.39, 0.29) is 12.1 Å². The highest BCUT2D eigenvalue weighted by atomic mass is 35.5. The second-order valence-corrected chi connectivity index (χ2v) is 5.64. The van der Waals surface area contributed by atoms with E-state index in [1.165, 1.54) is 0 Å². The van der Waals surface area contributed by atoms with Crippen LogP contribution in [0.15, 0.2) is 24.3 Å². The first-order chi connectivity index (χ1) is 10.1. The Hall–Kier alpha value is -1.46. The summed E-state index contributed by atoms with van der Waals surface area (Å²) in [5.41, 5.74) is 0. The van der Waals surface area contributed by atoms with E-state index in [2.05, 4.69) is 10.6 Å². The van der Waals surface area contributed by atoms with Gasteiger partial charge in [-0.15, -0.1) is 0 Å². The average molecular weight is 313 g/mol. The van der Waals surface area contributed by atoms with Crippen molar-refractivity contribution in [3.63, 3.8) is 0 Å². The van der Waals surface area contributed by atoms with Gasteiger partial charge in [-0.2, -0.15) is 0 Å². The van der Waals surface area contributed by atoms with Crippen LogP contribution in [0.2, 0.25) is 5.02 Å². The lowest BCUT2D eigenvalue weighted by Gasteiger charge is -2.16. The molecular formula is C15H21ClN2O3. The van der Waals surface area contributed by atoms with Gasteiger partial charge in [-0.25, -0.2) is 4.79 Å². The highest BCUT2D eigenvalue weighted by molar-refractivity contribution is 6.30. The molecule has 2 rings (SSSR count). The zero-order valence-electron chi connectivity index (χ0n) is 12.1. The van der Waals surface area contributed by atoms with E-state index >= 15 is 0 Å². The second kappa shape index (κ2) is 8.10. The zero-order chi connectivity index (χ0) is 15.1. The Morgan fingerprint density at radius 3 is 3.10 bits per heavy atom. The minimum Gasteiger partial charge on any atom is -0.489 e. The molecule has 2 N–H and O–H groups in total. The lowest BCUT2D eigenvalue weighted by atomic mass is 10.1. The average Bonchev–Trinajstić information content (AvgIpc) is 2.96. The predicted octanol–water partition coefficient (Wildman–Crippen LogP) is 2.44. The quantitative estimate of drug-likeness (QED) is 0.848. The van der Waals surface area contributed by atoms with Gasteiger partial charge in [-0.05, 0) is 31.5 Å². The largest absolute Gasteiger partial charge is 0.489 e. The summed E-state index contributed by atoms with van der Waals surface area (Å²) >= 11 is 5.89. The maximum absolute atomic E-state index is 11.7. The summed E-state index contributed by atoms with van der Waals surface area (Å²) in [6.07, 6.45) is 0.873. The van der Waals surface area contributed by atoms with Crippen LogP contribution in [0.1, 0.15) is 13.3 Å². The zero-order valence-corrected chi connectivity index (χ0v) is 12.9. The molecule has 0 unspecified atom stereocenters. The minimum atomic E-state index is -0.177. The van der Waals surface area contributed by atoms with E-state index in [0.29, 0.717) is 29.8 Å². The summed E-state index contributed by atoms with van der Waals surface area (Å²) in [7, 11) is 0. The molecule has 1 saturated heterocycles. The molecule has 1 fully saturated rings. The molecule has 1 aliphatic rings. The van der Waals surface area contributed by atoms with Crippen LogP contribution in [0.25, 0.3) is 0 Å². The second-order valence-electron chi connectivity index (χ2n) is 5.21. The number of hydrogen-bond acceptors (Lipinski definition) is 3. The van der Waals surface area contributed by atoms with Gasteiger partial charge in [0.05, 0.1) is 13.2 Å². The molecule has 1 aromatic rings. The monoisotopic (exact) mass is 312 g/mol. The van der Waals surface area contributed by atoms with Crippen LogP contribution >= 0.6 is 11.6 Å². The van der Waals surface area contributed by atoms with E-state index in [0.717, 1.165) is 19.6 Å². The summed E-state index contributed by atoms with van der Waals surface area (Å²) in [5.74, 6) is 1.12. The summed E-state index contributed by atoms with van der Waals surface area (Å²) < 4.78 is 10.9. The number of carbonyl (C=O) groups is 1. The van der Waals surface area contributed by atoms with Crippen LogP contribution in [-0.2, 0) is 4.74 Å². The summed E-state index contributed by atoms with van der Waals surface area (Å²) in [6.45, 7) is 4.49. The van der Waals surface area contributed by atoms with E-state index in [1.807, 2.05) is 19.1 Å². The maximum atomic E-state index is 11.7. The standard InChI is InChI=1S/C15H21ClN2O3/c1-11(21-14-4-2-3-13(16)7-14)8-17-15(19)18-9-12-5-6-20-10-12/h2-4,7,11-12H,5-6,8-10H2,1H3,(H2,17,18,19)/t11-,12+/m1/s1. The fourth-order valence-corrected chi connectivity index (χ4v) is 2.27. The first-order valence-electron chi connectivity index (χ1n) is 7.15. The van der Waals surface area contributed by atoms with Crippen molar-refractivity contribution in [1.29, 1.82) is 0 Å². The molecule has 0 bridgehead atoms. The summed E-state index contributed by atoms with van der Waals surface area (Å²) in [4.78, 5) is 11.7. The number of nitrogens with one attached hydrogen (secondary N) is 2. The van der Waals surface area contributed by atoms with Gasteiger partial charge in [0.1, 0.15) is 11.9 Å². The van der Waals surface area contributed by atoms with Gasteiger partial charge >= 0.3 is 6.03 Å². The van der Waals surface area contributed by atoms with Crippen molar-refractivity contribution >= 4 is 17.6 Å². The topological polar surface area (TPSA) is 59.6 Å². The Kier molecular flexibility index (Phi) is 6.14. The lowest BCUT2D eigenvalue weighted by molar-refractivity contribution is 0.184. The molecule has 0 spiro atoms. The first-order valence-corrected chi connectivity index (χ1v) is 7.53. The number of carbonyl (C=O) groups excluding carboxylic acids is 1. The fraction of sp³-hybridized carbons (Fsp3) is 0.533. The molecular weight excluding hydrogens is 292 g/mol. The van der Waals surface area contributed by atoms with E-state index < -0.39 is 0 Å². The summed E-state index contributed by atoms with van der Waals surface area (Å²) in [5, 5.41) is 6.27. The maximum Gasteiger partial charge on any atom is 0.314 e. The van der Waals surface area contributed by atoms with Crippen molar-refractivity contribution in [3.8, 4) is 5.75 Å². The van der Waals surface area contributed by atoms with Crippen molar-refractivity contribution in [1.82, 2.24) is 10.6 Å². The molecule has 0 radical (unpaired) electrons. The number of rotatable bonds is 6. The molecule has 116 valence electrons. The highest BCUT2D eigenvalue weighted by Gasteiger charge is 2.16. The van der Waals surface area contributed by atoms with Crippen LogP contribution in [-0.4, -0.2) is 38.4 Å². The van der Waals surface area contributed by atoms with E-state index in [4.69, 9.17) is 21.1 Å². The van der Waals surface area contributed by atoms with E-state index in [9.17, 15) is 4.79 Å². The predicted molar refractivity (Wildman–Crippen MR) is 81.9 cm³/mol. The third kappa shape index (κ3) is 5.81. The fourth-order valence-electron chi connectivity index (χ4n) is 2.09. The molecule has 5 nitrogen and oxygen atoms in total. The molecule has 21 heavy (non-hydrogen) atoms. The number of urea groups is 1. The molecule has 1 aromatic carbocycles. The Morgan fingerprint density at radius 2 is 2.38 bits per heavy atom. The van der Waals surface area contributed by atoms with Crippen molar-refractivity contribution in [2.75, 3.05) is 26.3 Å². The summed E-state index contributed by atoms with van der Waals surface area (Å²) in [6, 6.07) is 7.02. The van der Waals surface area contributed by atoms with Crippen molar-refractivity contribution in [3.05, 3.63) is 29.3 Å². The van der Waals surface area contributed by atoms with Gasteiger partial charge in [0.2, 0.25) is 0 Å². The van der Waals surface area contributed by atoms with Gasteiger partial charge in [0.25, 0.3) is 0 Å². The van der Waals surface area contributed by atoms with Crippen LogP contribution < -0.4 is 15.4 Å². The molecule has 1 heterocycles. The highest BCUT2D eigenvalue weighted by Crippen LogP contribution is 2.18. The Bertz CT molecular complexity index is 464. The van der Waals surface area contributed by atoms with Crippen molar-refractivity contribution in [2.45, 2.75) is 19.4 Å². The molecule has 0 aromatic heterocycles. The number of ether oxygens (including phenoxy) is 2. The van der Waals surface area contributed by atoms with Crippen LogP contribution in [0, 0.1) is 5.92 Å². The van der Waals surface area contributed by atoms with Gasteiger partial charge < -0.3 is 20.1 Å². The van der Waals surface area contributed by atoms with Crippen LogP contribution in [0.5, 0.6) is 5.75 Å². The number of hydrogen-bond donors (Lipinski definition) is 2. The molecule has 2 amide bonds. The van der Waals surface area contributed by atoms with Crippen LogP contribution in [0.3, 0.4) is 0 Å². The number of benzene rings is 1.